The van der Waals surface area contributed by atoms with E-state index in [0.29, 0.717) is 6.54 Å². The van der Waals surface area contributed by atoms with Crippen molar-refractivity contribution in [2.45, 2.75) is 32.2 Å². The maximum absolute atomic E-state index is 6.06. The maximum Gasteiger partial charge on any atom is 0.132 e. The van der Waals surface area contributed by atoms with Gasteiger partial charge >= 0.3 is 0 Å². The van der Waals surface area contributed by atoms with Crippen LogP contribution >= 0.6 is 0 Å². The highest BCUT2D eigenvalue weighted by Gasteiger charge is 2.27. The van der Waals surface area contributed by atoms with Crippen LogP contribution in [0.25, 0.3) is 0 Å². The van der Waals surface area contributed by atoms with Crippen molar-refractivity contribution in [2.75, 3.05) is 18.0 Å². The van der Waals surface area contributed by atoms with Crippen LogP contribution in [0.3, 0.4) is 0 Å². The summed E-state index contributed by atoms with van der Waals surface area (Å²) in [5.74, 6) is 0.999. The van der Waals surface area contributed by atoms with Crippen LogP contribution in [0.4, 0.5) is 5.82 Å². The Hall–Kier alpha value is -1.94. The third-order valence-corrected chi connectivity index (χ3v) is 4.15. The van der Waals surface area contributed by atoms with Crippen molar-refractivity contribution in [3.05, 3.63) is 53.5 Å². The summed E-state index contributed by atoms with van der Waals surface area (Å²) in [7, 11) is 0. The lowest BCUT2D eigenvalue weighted by atomic mass is 9.92. The minimum absolute atomic E-state index is 0.208. The van der Waals surface area contributed by atoms with Crippen LogP contribution in [0.5, 0.6) is 0 Å². The summed E-state index contributed by atoms with van der Waals surface area (Å²) in [6, 6.07) is 10.9. The molecule has 0 aliphatic carbocycles. The van der Waals surface area contributed by atoms with Crippen LogP contribution in [-0.4, -0.2) is 23.1 Å². The van der Waals surface area contributed by atoms with Gasteiger partial charge < -0.3 is 10.6 Å². The van der Waals surface area contributed by atoms with Crippen molar-refractivity contribution in [3.63, 3.8) is 0 Å². The maximum atomic E-state index is 6.06. The van der Waals surface area contributed by atoms with E-state index in [4.69, 9.17) is 5.73 Å². The zero-order valence-corrected chi connectivity index (χ0v) is 12.5. The molecule has 0 spiro atoms. The molecule has 1 aliphatic heterocycles. The first kappa shape index (κ1) is 14.0. The molecular weight excluding hydrogens is 260 g/mol. The van der Waals surface area contributed by atoms with Gasteiger partial charge in [0.05, 0.1) is 6.04 Å². The van der Waals surface area contributed by atoms with E-state index < -0.39 is 0 Å². The monoisotopic (exact) mass is 282 g/mol. The lowest BCUT2D eigenvalue weighted by molar-refractivity contribution is 0.583. The number of hydrogen-bond donors (Lipinski definition) is 1. The van der Waals surface area contributed by atoms with Crippen molar-refractivity contribution < 1.29 is 0 Å². The summed E-state index contributed by atoms with van der Waals surface area (Å²) in [4.78, 5) is 11.1. The minimum atomic E-state index is 0.208. The Morgan fingerprint density at radius 3 is 2.95 bits per heavy atom. The van der Waals surface area contributed by atoms with Crippen molar-refractivity contribution >= 4 is 5.82 Å². The molecule has 0 bridgehead atoms. The molecule has 1 unspecified atom stereocenters. The van der Waals surface area contributed by atoms with Gasteiger partial charge in [-0.2, -0.15) is 0 Å². The standard InChI is InChI=1S/C17H22N4/c1-2-5-14-10-17(20-12-19-14)21-9-8-13-6-3-4-7-15(13)16(21)11-18/h3-4,6-7,10,12,16H,2,5,8-9,11,18H2,1H3. The molecule has 2 heterocycles. The second kappa shape index (κ2) is 6.22. The van der Waals surface area contributed by atoms with Crippen molar-refractivity contribution in [1.82, 2.24) is 9.97 Å². The molecule has 0 radical (unpaired) electrons. The highest BCUT2D eigenvalue weighted by molar-refractivity contribution is 5.48. The van der Waals surface area contributed by atoms with Gasteiger partial charge in [-0.25, -0.2) is 9.97 Å². The van der Waals surface area contributed by atoms with E-state index in [1.165, 1.54) is 11.1 Å². The number of nitrogens with zero attached hydrogens (tertiary/aromatic N) is 3. The Bertz CT molecular complexity index is 611. The van der Waals surface area contributed by atoms with E-state index in [0.717, 1.165) is 37.3 Å². The normalized spacial score (nSPS) is 17.6. The summed E-state index contributed by atoms with van der Waals surface area (Å²) in [5, 5.41) is 0. The van der Waals surface area contributed by atoms with E-state index in [1.807, 2.05) is 0 Å². The zero-order chi connectivity index (χ0) is 14.7. The van der Waals surface area contributed by atoms with Gasteiger partial charge in [-0.15, -0.1) is 0 Å². The zero-order valence-electron chi connectivity index (χ0n) is 12.5. The first-order valence-electron chi connectivity index (χ1n) is 7.69. The summed E-state index contributed by atoms with van der Waals surface area (Å²) in [5.41, 5.74) is 9.91. The second-order valence-electron chi connectivity index (χ2n) is 5.51. The van der Waals surface area contributed by atoms with E-state index in [-0.39, 0.29) is 6.04 Å². The van der Waals surface area contributed by atoms with Gasteiger partial charge in [0.2, 0.25) is 0 Å². The summed E-state index contributed by atoms with van der Waals surface area (Å²) >= 11 is 0. The SMILES string of the molecule is CCCc1cc(N2CCc3ccccc3C2CN)ncn1. The van der Waals surface area contributed by atoms with Crippen molar-refractivity contribution in [1.29, 1.82) is 0 Å². The highest BCUT2D eigenvalue weighted by Crippen LogP contribution is 2.32. The molecule has 0 saturated carbocycles. The van der Waals surface area contributed by atoms with E-state index in [9.17, 15) is 0 Å². The number of fused-ring (bicyclic) bond motifs is 1. The molecule has 4 nitrogen and oxygen atoms in total. The number of aryl methyl sites for hydroxylation is 1. The summed E-state index contributed by atoms with van der Waals surface area (Å²) in [6.45, 7) is 3.73. The van der Waals surface area contributed by atoms with Gasteiger partial charge in [0.1, 0.15) is 12.1 Å². The average Bonchev–Trinajstić information content (AvgIpc) is 2.54. The van der Waals surface area contributed by atoms with E-state index >= 15 is 0 Å². The van der Waals surface area contributed by atoms with Crippen molar-refractivity contribution in [3.8, 4) is 0 Å². The quantitative estimate of drug-likeness (QED) is 0.936. The lowest BCUT2D eigenvalue weighted by Gasteiger charge is -2.37. The van der Waals surface area contributed by atoms with Crippen LogP contribution in [-0.2, 0) is 12.8 Å². The molecule has 21 heavy (non-hydrogen) atoms. The average molecular weight is 282 g/mol. The predicted molar refractivity (Wildman–Crippen MR) is 85.3 cm³/mol. The van der Waals surface area contributed by atoms with Gasteiger partial charge in [0.25, 0.3) is 0 Å². The van der Waals surface area contributed by atoms with Crippen LogP contribution in [0.2, 0.25) is 0 Å². The fourth-order valence-electron chi connectivity index (χ4n) is 3.12. The minimum Gasteiger partial charge on any atom is -0.348 e. The number of aromatic nitrogens is 2. The fourth-order valence-corrected chi connectivity index (χ4v) is 3.12. The van der Waals surface area contributed by atoms with Crippen LogP contribution in [0, 0.1) is 0 Å². The topological polar surface area (TPSA) is 55.0 Å². The number of hydrogen-bond acceptors (Lipinski definition) is 4. The molecule has 110 valence electrons. The second-order valence-corrected chi connectivity index (χ2v) is 5.51. The van der Waals surface area contributed by atoms with Crippen molar-refractivity contribution in [2.24, 2.45) is 5.73 Å². The molecule has 1 aliphatic rings. The molecule has 3 rings (SSSR count). The Morgan fingerprint density at radius 1 is 1.29 bits per heavy atom. The molecule has 0 amide bonds. The third-order valence-electron chi connectivity index (χ3n) is 4.15. The van der Waals surface area contributed by atoms with Gasteiger partial charge in [0, 0.05) is 24.8 Å². The number of nitrogens with two attached hydrogens (primary N) is 1. The fraction of sp³-hybridized carbons (Fsp3) is 0.412. The Balaban J connectivity index is 1.94. The number of benzene rings is 1. The van der Waals surface area contributed by atoms with Gasteiger partial charge in [-0.3, -0.25) is 0 Å². The van der Waals surface area contributed by atoms with E-state index in [1.54, 1.807) is 6.33 Å². The molecule has 4 heteroatoms. The number of anilines is 1. The molecule has 2 N–H and O–H groups in total. The molecule has 1 atom stereocenters. The summed E-state index contributed by atoms with van der Waals surface area (Å²) < 4.78 is 0. The molecular formula is C17H22N4. The largest absolute Gasteiger partial charge is 0.348 e. The van der Waals surface area contributed by atoms with Crippen LogP contribution in [0.15, 0.2) is 36.7 Å². The Labute approximate surface area is 126 Å². The van der Waals surface area contributed by atoms with Crippen LogP contribution in [0.1, 0.15) is 36.2 Å². The highest BCUT2D eigenvalue weighted by atomic mass is 15.2. The third kappa shape index (κ3) is 2.76. The Morgan fingerprint density at radius 2 is 2.14 bits per heavy atom. The molecule has 2 aromatic rings. The van der Waals surface area contributed by atoms with Gasteiger partial charge in [-0.1, -0.05) is 37.6 Å². The number of rotatable bonds is 4. The lowest BCUT2D eigenvalue weighted by Crippen LogP contribution is -2.40. The molecule has 0 fully saturated rings. The predicted octanol–water partition coefficient (Wildman–Crippen LogP) is 2.49. The molecule has 0 saturated heterocycles. The van der Waals surface area contributed by atoms with Gasteiger partial charge in [-0.05, 0) is 24.0 Å². The van der Waals surface area contributed by atoms with Crippen LogP contribution < -0.4 is 10.6 Å². The molecule has 1 aromatic heterocycles. The first-order chi connectivity index (χ1) is 10.3. The van der Waals surface area contributed by atoms with Gasteiger partial charge in [0.15, 0.2) is 0 Å². The molecule has 1 aromatic carbocycles. The van der Waals surface area contributed by atoms with E-state index in [2.05, 4.69) is 52.1 Å². The first-order valence-corrected chi connectivity index (χ1v) is 7.69. The summed E-state index contributed by atoms with van der Waals surface area (Å²) in [6.07, 6.45) is 4.81. The Kier molecular flexibility index (Phi) is 4.15. The smallest absolute Gasteiger partial charge is 0.132 e.